The fourth-order valence-electron chi connectivity index (χ4n) is 4.14. The number of aliphatic hydroxyl groups is 2. The molecule has 5 unspecified atom stereocenters. The molecule has 2 heterocycles. The minimum absolute atomic E-state index is 0.171. The van der Waals surface area contributed by atoms with Gasteiger partial charge in [0.1, 0.15) is 18.0 Å². The summed E-state index contributed by atoms with van der Waals surface area (Å²) in [4.78, 5) is 2.27. The first kappa shape index (κ1) is 19.7. The SMILES string of the molecule is COCC1CCCN1C1C(CNCc2ccc(F)cc2)OC(CO)C1O. The lowest BCUT2D eigenvalue weighted by molar-refractivity contribution is -0.0213. The van der Waals surface area contributed by atoms with E-state index in [1.807, 2.05) is 0 Å². The number of hydrogen-bond acceptors (Lipinski definition) is 6. The fourth-order valence-corrected chi connectivity index (χ4v) is 4.14. The van der Waals surface area contributed by atoms with Gasteiger partial charge in [0.15, 0.2) is 0 Å². The standard InChI is InChI=1S/C19H29FN2O4/c1-25-12-15-3-2-8-22(15)18-16(26-17(11-23)19(18)24)10-21-9-13-4-6-14(20)7-5-13/h4-7,15-19,21,23-24H,2-3,8-12H2,1H3. The minimum Gasteiger partial charge on any atom is -0.394 e. The molecule has 0 amide bonds. The summed E-state index contributed by atoms with van der Waals surface area (Å²) >= 11 is 0. The highest BCUT2D eigenvalue weighted by Gasteiger charge is 2.48. The van der Waals surface area contributed by atoms with Crippen LogP contribution in [0, 0.1) is 5.82 Å². The Bertz CT molecular complexity index is 559. The third kappa shape index (κ3) is 4.42. The Kier molecular flexibility index (Phi) is 6.97. The van der Waals surface area contributed by atoms with Crippen LogP contribution in [0.3, 0.4) is 0 Å². The lowest BCUT2D eigenvalue weighted by Gasteiger charge is -2.34. The van der Waals surface area contributed by atoms with Crippen molar-refractivity contribution in [1.82, 2.24) is 10.2 Å². The molecule has 0 aromatic heterocycles. The summed E-state index contributed by atoms with van der Waals surface area (Å²) in [6, 6.07) is 6.47. The van der Waals surface area contributed by atoms with E-state index in [-0.39, 0.29) is 30.6 Å². The van der Waals surface area contributed by atoms with E-state index in [0.29, 0.717) is 19.7 Å². The van der Waals surface area contributed by atoms with Gasteiger partial charge in [0, 0.05) is 26.2 Å². The number of aliphatic hydroxyl groups excluding tert-OH is 2. The Balaban J connectivity index is 1.62. The zero-order valence-electron chi connectivity index (χ0n) is 15.2. The lowest BCUT2D eigenvalue weighted by atomic mass is 10.0. The van der Waals surface area contributed by atoms with Gasteiger partial charge in [-0.3, -0.25) is 4.90 Å². The zero-order chi connectivity index (χ0) is 18.5. The molecule has 26 heavy (non-hydrogen) atoms. The molecule has 3 N–H and O–H groups in total. The van der Waals surface area contributed by atoms with Crippen LogP contribution >= 0.6 is 0 Å². The number of rotatable bonds is 8. The molecule has 0 bridgehead atoms. The van der Waals surface area contributed by atoms with Crippen molar-refractivity contribution in [2.75, 3.05) is 33.4 Å². The van der Waals surface area contributed by atoms with Crippen molar-refractivity contribution in [2.24, 2.45) is 0 Å². The minimum atomic E-state index is -0.727. The Morgan fingerprint density at radius 1 is 1.31 bits per heavy atom. The highest BCUT2D eigenvalue weighted by atomic mass is 19.1. The smallest absolute Gasteiger partial charge is 0.123 e. The first-order chi connectivity index (χ1) is 12.6. The van der Waals surface area contributed by atoms with Crippen LogP contribution < -0.4 is 5.32 Å². The molecule has 0 saturated carbocycles. The average Bonchev–Trinajstić information content (AvgIpc) is 3.21. The summed E-state index contributed by atoms with van der Waals surface area (Å²) in [7, 11) is 1.69. The summed E-state index contributed by atoms with van der Waals surface area (Å²) in [5.41, 5.74) is 0.985. The maximum absolute atomic E-state index is 13.0. The van der Waals surface area contributed by atoms with E-state index in [1.165, 1.54) is 12.1 Å². The predicted octanol–water partition coefficient (Wildman–Crippen LogP) is 0.515. The van der Waals surface area contributed by atoms with Gasteiger partial charge >= 0.3 is 0 Å². The number of halogens is 1. The van der Waals surface area contributed by atoms with E-state index in [1.54, 1.807) is 19.2 Å². The third-order valence-corrected chi connectivity index (χ3v) is 5.39. The highest BCUT2D eigenvalue weighted by molar-refractivity contribution is 5.15. The van der Waals surface area contributed by atoms with Crippen molar-refractivity contribution in [3.05, 3.63) is 35.6 Å². The molecule has 2 fully saturated rings. The van der Waals surface area contributed by atoms with Crippen molar-refractivity contribution in [3.63, 3.8) is 0 Å². The van der Waals surface area contributed by atoms with Crippen molar-refractivity contribution in [2.45, 2.75) is 49.8 Å². The molecule has 2 aliphatic rings. The second kappa shape index (κ2) is 9.21. The summed E-state index contributed by atoms with van der Waals surface area (Å²) in [5.74, 6) is -0.250. The number of methoxy groups -OCH3 is 1. The maximum atomic E-state index is 13.0. The number of nitrogens with zero attached hydrogens (tertiary/aromatic N) is 1. The summed E-state index contributed by atoms with van der Waals surface area (Å²) < 4.78 is 24.2. The van der Waals surface area contributed by atoms with Gasteiger partial charge < -0.3 is 25.0 Å². The van der Waals surface area contributed by atoms with Crippen LogP contribution in [0.5, 0.6) is 0 Å². The number of nitrogens with one attached hydrogen (secondary N) is 1. The van der Waals surface area contributed by atoms with Crippen LogP contribution in [0.15, 0.2) is 24.3 Å². The molecule has 146 valence electrons. The van der Waals surface area contributed by atoms with Gasteiger partial charge in [-0.1, -0.05) is 12.1 Å². The molecule has 6 nitrogen and oxygen atoms in total. The van der Waals surface area contributed by atoms with Crippen LogP contribution in [0.25, 0.3) is 0 Å². The van der Waals surface area contributed by atoms with Crippen molar-refractivity contribution in [3.8, 4) is 0 Å². The van der Waals surface area contributed by atoms with Crippen LogP contribution in [-0.4, -0.2) is 78.9 Å². The zero-order valence-corrected chi connectivity index (χ0v) is 15.2. The van der Waals surface area contributed by atoms with E-state index in [2.05, 4.69) is 10.2 Å². The van der Waals surface area contributed by atoms with E-state index in [9.17, 15) is 14.6 Å². The van der Waals surface area contributed by atoms with E-state index in [0.717, 1.165) is 24.9 Å². The fraction of sp³-hybridized carbons (Fsp3) is 0.684. The van der Waals surface area contributed by atoms with Crippen LogP contribution in [0.4, 0.5) is 4.39 Å². The lowest BCUT2D eigenvalue weighted by Crippen LogP contribution is -2.53. The van der Waals surface area contributed by atoms with Crippen molar-refractivity contribution < 1.29 is 24.1 Å². The molecular formula is C19H29FN2O4. The number of ether oxygens (including phenoxy) is 2. The van der Waals surface area contributed by atoms with Crippen LogP contribution in [0.2, 0.25) is 0 Å². The second-order valence-electron chi connectivity index (χ2n) is 7.12. The van der Waals surface area contributed by atoms with E-state index >= 15 is 0 Å². The van der Waals surface area contributed by atoms with Gasteiger partial charge in [0.2, 0.25) is 0 Å². The molecule has 7 heteroatoms. The van der Waals surface area contributed by atoms with Crippen molar-refractivity contribution >= 4 is 0 Å². The van der Waals surface area contributed by atoms with E-state index < -0.39 is 12.2 Å². The van der Waals surface area contributed by atoms with Crippen LogP contribution in [0.1, 0.15) is 18.4 Å². The first-order valence-electron chi connectivity index (χ1n) is 9.28. The number of likely N-dealkylation sites (tertiary alicyclic amines) is 1. The molecule has 2 saturated heterocycles. The molecule has 0 radical (unpaired) electrons. The average molecular weight is 368 g/mol. The molecule has 1 aromatic rings. The molecule has 0 aliphatic carbocycles. The van der Waals surface area contributed by atoms with Gasteiger partial charge in [-0.2, -0.15) is 0 Å². The summed E-state index contributed by atoms with van der Waals surface area (Å²) in [6.45, 7) is 2.46. The molecule has 1 aromatic carbocycles. The van der Waals surface area contributed by atoms with E-state index in [4.69, 9.17) is 9.47 Å². The van der Waals surface area contributed by atoms with Gasteiger partial charge in [-0.15, -0.1) is 0 Å². The molecule has 2 aliphatic heterocycles. The summed E-state index contributed by atoms with van der Waals surface area (Å²) in [5, 5.41) is 23.5. The van der Waals surface area contributed by atoms with Gasteiger partial charge in [0.05, 0.1) is 25.4 Å². The van der Waals surface area contributed by atoms with Crippen molar-refractivity contribution in [1.29, 1.82) is 0 Å². The molecule has 5 atom stereocenters. The number of hydrogen-bond donors (Lipinski definition) is 3. The molecule has 3 rings (SSSR count). The Labute approximate surface area is 153 Å². The Hall–Kier alpha value is -1.09. The second-order valence-corrected chi connectivity index (χ2v) is 7.12. The third-order valence-electron chi connectivity index (χ3n) is 5.39. The van der Waals surface area contributed by atoms with Crippen LogP contribution in [-0.2, 0) is 16.0 Å². The number of benzene rings is 1. The van der Waals surface area contributed by atoms with Gasteiger partial charge in [-0.25, -0.2) is 4.39 Å². The van der Waals surface area contributed by atoms with Gasteiger partial charge in [0.25, 0.3) is 0 Å². The Morgan fingerprint density at radius 3 is 2.77 bits per heavy atom. The topological polar surface area (TPSA) is 74.2 Å². The summed E-state index contributed by atoms with van der Waals surface area (Å²) in [6.07, 6.45) is 0.587. The Morgan fingerprint density at radius 2 is 2.08 bits per heavy atom. The predicted molar refractivity (Wildman–Crippen MR) is 95.3 cm³/mol. The molecular weight excluding hydrogens is 339 g/mol. The quantitative estimate of drug-likeness (QED) is 0.621. The largest absolute Gasteiger partial charge is 0.394 e. The first-order valence-corrected chi connectivity index (χ1v) is 9.28. The van der Waals surface area contributed by atoms with Gasteiger partial charge in [-0.05, 0) is 37.1 Å². The normalized spacial score (nSPS) is 32.4. The monoisotopic (exact) mass is 368 g/mol. The molecule has 0 spiro atoms. The maximum Gasteiger partial charge on any atom is 0.123 e. The highest BCUT2D eigenvalue weighted by Crippen LogP contribution is 2.31.